The van der Waals surface area contributed by atoms with Gasteiger partial charge in [0.2, 0.25) is 0 Å². The van der Waals surface area contributed by atoms with Crippen LogP contribution in [0.2, 0.25) is 10.0 Å². The molecular formula is C15H20Cl2O2. The lowest BCUT2D eigenvalue weighted by Gasteiger charge is -2.32. The highest BCUT2D eigenvalue weighted by atomic mass is 35.5. The minimum Gasteiger partial charge on any atom is -0.390 e. The van der Waals surface area contributed by atoms with Gasteiger partial charge in [-0.05, 0) is 36.6 Å². The van der Waals surface area contributed by atoms with Crippen molar-refractivity contribution in [1.29, 1.82) is 0 Å². The Hall–Kier alpha value is -0.280. The number of aliphatic hydroxyl groups excluding tert-OH is 1. The number of rotatable bonds is 3. The van der Waals surface area contributed by atoms with Crippen molar-refractivity contribution in [2.45, 2.75) is 56.7 Å². The van der Waals surface area contributed by atoms with E-state index in [1.807, 2.05) is 0 Å². The molecule has 0 spiro atoms. The first kappa shape index (κ1) is 15.1. The monoisotopic (exact) mass is 302 g/mol. The van der Waals surface area contributed by atoms with Gasteiger partial charge in [-0.25, -0.2) is 0 Å². The molecule has 0 heterocycles. The van der Waals surface area contributed by atoms with Gasteiger partial charge in [-0.1, -0.05) is 48.9 Å². The smallest absolute Gasteiger partial charge is 0.0908 e. The predicted octanol–water partition coefficient (Wildman–Crippen LogP) is 3.98. The summed E-state index contributed by atoms with van der Waals surface area (Å²) in [7, 11) is 0. The van der Waals surface area contributed by atoms with E-state index in [-0.39, 0.29) is 0 Å². The maximum Gasteiger partial charge on any atom is 0.0908 e. The van der Waals surface area contributed by atoms with Gasteiger partial charge in [0.1, 0.15) is 0 Å². The first-order valence-corrected chi connectivity index (χ1v) is 7.61. The molecule has 1 saturated carbocycles. The normalized spacial score (nSPS) is 20.8. The van der Waals surface area contributed by atoms with Crippen LogP contribution in [0.1, 0.15) is 44.1 Å². The average Bonchev–Trinajstić information content (AvgIpc) is 2.60. The Labute approximate surface area is 124 Å². The van der Waals surface area contributed by atoms with E-state index in [0.29, 0.717) is 29.3 Å². The lowest BCUT2D eigenvalue weighted by Crippen LogP contribution is -2.43. The summed E-state index contributed by atoms with van der Waals surface area (Å²) in [5.41, 5.74) is -0.193. The van der Waals surface area contributed by atoms with E-state index in [9.17, 15) is 10.2 Å². The molecule has 1 aliphatic rings. The lowest BCUT2D eigenvalue weighted by atomic mass is 9.85. The van der Waals surface area contributed by atoms with E-state index in [1.54, 1.807) is 18.2 Å². The number of benzene rings is 1. The van der Waals surface area contributed by atoms with Crippen molar-refractivity contribution in [2.24, 2.45) is 0 Å². The summed E-state index contributed by atoms with van der Waals surface area (Å²) >= 11 is 12.0. The predicted molar refractivity (Wildman–Crippen MR) is 78.8 cm³/mol. The molecule has 0 saturated heterocycles. The zero-order valence-corrected chi connectivity index (χ0v) is 12.4. The van der Waals surface area contributed by atoms with E-state index < -0.39 is 11.7 Å². The van der Waals surface area contributed by atoms with Crippen LogP contribution >= 0.6 is 23.2 Å². The molecule has 1 fully saturated rings. The molecule has 2 rings (SSSR count). The first-order valence-electron chi connectivity index (χ1n) is 6.86. The van der Waals surface area contributed by atoms with Crippen LogP contribution in [0, 0.1) is 0 Å². The minimum absolute atomic E-state index is 0.343. The molecule has 4 heteroatoms. The highest BCUT2D eigenvalue weighted by Crippen LogP contribution is 2.32. The quantitative estimate of drug-likeness (QED) is 0.829. The molecule has 1 aromatic rings. The van der Waals surface area contributed by atoms with Gasteiger partial charge in [-0.2, -0.15) is 0 Å². The van der Waals surface area contributed by atoms with Gasteiger partial charge < -0.3 is 10.2 Å². The van der Waals surface area contributed by atoms with Crippen molar-refractivity contribution in [2.75, 3.05) is 0 Å². The molecule has 1 aromatic carbocycles. The van der Waals surface area contributed by atoms with Crippen molar-refractivity contribution in [1.82, 2.24) is 0 Å². The fourth-order valence-electron chi connectivity index (χ4n) is 2.77. The number of halogens is 2. The van der Waals surface area contributed by atoms with E-state index in [0.717, 1.165) is 31.2 Å². The molecule has 0 aromatic heterocycles. The van der Waals surface area contributed by atoms with E-state index in [1.165, 1.54) is 0 Å². The summed E-state index contributed by atoms with van der Waals surface area (Å²) in [4.78, 5) is 0. The number of aliphatic hydroxyl groups is 2. The Morgan fingerprint density at radius 1 is 1.11 bits per heavy atom. The molecule has 2 nitrogen and oxygen atoms in total. The van der Waals surface area contributed by atoms with Crippen LogP contribution in [-0.2, 0) is 6.42 Å². The maximum atomic E-state index is 10.6. The van der Waals surface area contributed by atoms with Crippen molar-refractivity contribution in [3.63, 3.8) is 0 Å². The fourth-order valence-corrected chi connectivity index (χ4v) is 3.16. The molecule has 0 radical (unpaired) electrons. The molecule has 0 aliphatic heterocycles. The summed E-state index contributed by atoms with van der Waals surface area (Å²) in [6.45, 7) is 0. The van der Waals surface area contributed by atoms with Gasteiger partial charge in [-0.15, -0.1) is 0 Å². The average molecular weight is 303 g/mol. The Balaban J connectivity index is 2.10. The van der Waals surface area contributed by atoms with E-state index >= 15 is 0 Å². The van der Waals surface area contributed by atoms with Crippen LogP contribution in [0.5, 0.6) is 0 Å². The highest BCUT2D eigenvalue weighted by molar-refractivity contribution is 6.33. The molecule has 1 unspecified atom stereocenters. The van der Waals surface area contributed by atoms with Crippen LogP contribution in [0.4, 0.5) is 0 Å². The van der Waals surface area contributed by atoms with E-state index in [2.05, 4.69) is 0 Å². The SMILES string of the molecule is OC(Cc1cc(Cl)ccc1Cl)C1(O)CCCCCC1. The van der Waals surface area contributed by atoms with Gasteiger partial charge in [0.05, 0.1) is 11.7 Å². The van der Waals surface area contributed by atoms with Gasteiger partial charge >= 0.3 is 0 Å². The van der Waals surface area contributed by atoms with Crippen molar-refractivity contribution >= 4 is 23.2 Å². The van der Waals surface area contributed by atoms with Gasteiger partial charge in [0, 0.05) is 16.5 Å². The van der Waals surface area contributed by atoms with Crippen molar-refractivity contribution in [3.05, 3.63) is 33.8 Å². The second-order valence-corrected chi connectivity index (χ2v) is 6.32. The summed E-state index contributed by atoms with van der Waals surface area (Å²) in [5, 5.41) is 22.2. The molecular weight excluding hydrogens is 283 g/mol. The molecule has 19 heavy (non-hydrogen) atoms. The van der Waals surface area contributed by atoms with Gasteiger partial charge in [0.25, 0.3) is 0 Å². The third-order valence-electron chi connectivity index (χ3n) is 4.01. The Bertz CT molecular complexity index is 426. The Kier molecular flexibility index (Phi) is 5.13. The topological polar surface area (TPSA) is 40.5 Å². The second-order valence-electron chi connectivity index (χ2n) is 5.47. The minimum atomic E-state index is -0.984. The highest BCUT2D eigenvalue weighted by Gasteiger charge is 2.36. The zero-order valence-electron chi connectivity index (χ0n) is 10.9. The Morgan fingerprint density at radius 3 is 2.37 bits per heavy atom. The molecule has 2 N–H and O–H groups in total. The van der Waals surface area contributed by atoms with Gasteiger partial charge in [-0.3, -0.25) is 0 Å². The van der Waals surface area contributed by atoms with E-state index in [4.69, 9.17) is 23.2 Å². The summed E-state index contributed by atoms with van der Waals surface area (Å²) < 4.78 is 0. The third kappa shape index (κ3) is 3.85. The summed E-state index contributed by atoms with van der Waals surface area (Å²) in [5.74, 6) is 0. The maximum absolute atomic E-state index is 10.6. The van der Waals surface area contributed by atoms with Crippen LogP contribution < -0.4 is 0 Å². The molecule has 1 atom stereocenters. The molecule has 1 aliphatic carbocycles. The standard InChI is InChI=1S/C15H20Cl2O2/c16-12-5-6-13(17)11(9-12)10-14(18)15(19)7-3-1-2-4-8-15/h5-6,9,14,18-19H,1-4,7-8,10H2. The van der Waals surface area contributed by atoms with Gasteiger partial charge in [0.15, 0.2) is 0 Å². The molecule has 106 valence electrons. The lowest BCUT2D eigenvalue weighted by molar-refractivity contribution is -0.0836. The molecule has 0 amide bonds. The van der Waals surface area contributed by atoms with Crippen molar-refractivity contribution < 1.29 is 10.2 Å². The first-order chi connectivity index (χ1) is 9.01. The molecule has 0 bridgehead atoms. The van der Waals surface area contributed by atoms with Crippen LogP contribution in [0.3, 0.4) is 0 Å². The second kappa shape index (κ2) is 6.45. The summed E-state index contributed by atoms with van der Waals surface area (Å²) in [6.07, 6.45) is 5.07. The van der Waals surface area contributed by atoms with Crippen LogP contribution in [-0.4, -0.2) is 21.9 Å². The zero-order chi connectivity index (χ0) is 13.9. The number of hydrogen-bond donors (Lipinski definition) is 2. The third-order valence-corrected chi connectivity index (χ3v) is 4.61. The largest absolute Gasteiger partial charge is 0.390 e. The van der Waals surface area contributed by atoms with Crippen LogP contribution in [0.15, 0.2) is 18.2 Å². The van der Waals surface area contributed by atoms with Crippen molar-refractivity contribution in [3.8, 4) is 0 Å². The Morgan fingerprint density at radius 2 is 1.74 bits per heavy atom. The fraction of sp³-hybridized carbons (Fsp3) is 0.600. The number of hydrogen-bond acceptors (Lipinski definition) is 2. The summed E-state index contributed by atoms with van der Waals surface area (Å²) in [6, 6.07) is 5.20. The van der Waals surface area contributed by atoms with Crippen LogP contribution in [0.25, 0.3) is 0 Å².